The number of sulfonamides is 2. The van der Waals surface area contributed by atoms with Crippen LogP contribution < -0.4 is 94.5 Å². The molecular weight excluding hydrogens is 811 g/mol. The van der Waals surface area contributed by atoms with E-state index in [-0.39, 0.29) is 88.0 Å². The number of halogens is 3. The zero-order chi connectivity index (χ0) is 39.9. The van der Waals surface area contributed by atoms with Gasteiger partial charge in [-0.25, -0.2) is 41.5 Å². The van der Waals surface area contributed by atoms with Crippen molar-refractivity contribution in [1.29, 1.82) is 0 Å². The van der Waals surface area contributed by atoms with Crippen LogP contribution in [0.5, 0.6) is 17.8 Å². The maximum absolute atomic E-state index is 12.5. The van der Waals surface area contributed by atoms with Crippen molar-refractivity contribution in [3.05, 3.63) is 75.1 Å². The third kappa shape index (κ3) is 12.2. The summed E-state index contributed by atoms with van der Waals surface area (Å²) in [5.74, 6) is -1.98. The summed E-state index contributed by atoms with van der Waals surface area (Å²) >= 11 is 0. The Morgan fingerprint density at radius 3 is 1.95 bits per heavy atom. The number of ether oxygens (including phenoxy) is 4. The number of hydrogen-bond donors (Lipinski definition) is 1. The number of nitrogens with one attached hydrogen (secondary N) is 1. The molecule has 21 nitrogen and oxygen atoms in total. The minimum absolute atomic E-state index is 0. The average Bonchev–Trinajstić information content (AvgIpc) is 3.55. The Morgan fingerprint density at radius 1 is 0.873 bits per heavy atom. The van der Waals surface area contributed by atoms with Gasteiger partial charge in [-0.15, -0.1) is 28.1 Å². The molecule has 0 fully saturated rings. The van der Waals surface area contributed by atoms with Crippen LogP contribution in [0, 0.1) is 0 Å². The predicted molar refractivity (Wildman–Crippen MR) is 169 cm³/mol. The Bertz CT molecular complexity index is 2380. The molecule has 0 spiro atoms. The molecule has 0 aliphatic carbocycles. The van der Waals surface area contributed by atoms with E-state index in [1.807, 2.05) is 6.92 Å². The third-order valence-corrected chi connectivity index (χ3v) is 8.90. The molecule has 288 valence electrons. The van der Waals surface area contributed by atoms with Crippen LogP contribution in [0.2, 0.25) is 0 Å². The first-order valence-corrected chi connectivity index (χ1v) is 17.2. The summed E-state index contributed by atoms with van der Waals surface area (Å²) in [4.78, 5) is 46.4. The van der Waals surface area contributed by atoms with Gasteiger partial charge < -0.3 is 24.1 Å². The van der Waals surface area contributed by atoms with Crippen LogP contribution in [-0.4, -0.2) is 90.7 Å². The van der Waals surface area contributed by atoms with Crippen LogP contribution in [-0.2, 0) is 38.9 Å². The first-order chi connectivity index (χ1) is 24.7. The van der Waals surface area contributed by atoms with E-state index in [0.29, 0.717) is 11.1 Å². The number of esters is 1. The van der Waals surface area contributed by atoms with Gasteiger partial charge in [0.05, 0.1) is 26.4 Å². The number of amides is 1. The van der Waals surface area contributed by atoms with Crippen molar-refractivity contribution in [1.82, 2.24) is 33.4 Å². The Hall–Kier alpha value is -4.18. The van der Waals surface area contributed by atoms with Crippen molar-refractivity contribution in [3.63, 3.8) is 0 Å². The van der Waals surface area contributed by atoms with Gasteiger partial charge in [0.1, 0.15) is 21.6 Å². The van der Waals surface area contributed by atoms with E-state index < -0.39 is 71.4 Å². The van der Waals surface area contributed by atoms with Crippen molar-refractivity contribution in [3.8, 4) is 17.8 Å². The number of rotatable bonds is 10. The van der Waals surface area contributed by atoms with Crippen LogP contribution in [0.1, 0.15) is 23.7 Å². The molecule has 4 aromatic rings. The maximum Gasteiger partial charge on any atom is 1.00 e. The number of para-hydroxylation sites is 1. The van der Waals surface area contributed by atoms with E-state index in [4.69, 9.17) is 4.74 Å². The van der Waals surface area contributed by atoms with Gasteiger partial charge >= 0.3 is 101 Å². The van der Waals surface area contributed by atoms with E-state index in [0.717, 1.165) is 53.7 Å². The second kappa shape index (κ2) is 20.1. The largest absolute Gasteiger partial charge is 1.00 e. The molecule has 4 rings (SSSR count). The van der Waals surface area contributed by atoms with Gasteiger partial charge in [-0.2, -0.15) is 17.5 Å². The maximum atomic E-state index is 12.5. The van der Waals surface area contributed by atoms with Gasteiger partial charge in [0, 0.05) is 14.1 Å². The number of alkyl halides is 3. The summed E-state index contributed by atoms with van der Waals surface area (Å²) in [7, 11) is -4.66. The molecule has 1 N–H and O–H groups in total. The molecule has 2 heterocycles. The molecule has 1 amide bonds. The second-order valence-corrected chi connectivity index (χ2v) is 13.1. The fourth-order valence-electron chi connectivity index (χ4n) is 3.85. The summed E-state index contributed by atoms with van der Waals surface area (Å²) in [6.45, 7) is 2.10. The molecule has 0 unspecified atom stereocenters. The van der Waals surface area contributed by atoms with Crippen LogP contribution in [0.3, 0.4) is 0 Å². The van der Waals surface area contributed by atoms with Gasteiger partial charge in [0.2, 0.25) is 0 Å². The molecule has 0 saturated heterocycles. The summed E-state index contributed by atoms with van der Waals surface area (Å²) in [5, 5.41) is 19.0. The zero-order valence-corrected chi connectivity index (χ0v) is 35.6. The van der Waals surface area contributed by atoms with E-state index in [2.05, 4.69) is 28.8 Å². The van der Waals surface area contributed by atoms with Gasteiger partial charge in [-0.1, -0.05) is 31.2 Å². The van der Waals surface area contributed by atoms with Crippen molar-refractivity contribution < 1.29 is 123 Å². The van der Waals surface area contributed by atoms with Crippen molar-refractivity contribution in [2.45, 2.75) is 29.5 Å². The molecule has 2 aromatic heterocycles. The molecule has 0 radical (unpaired) electrons. The number of nitrogens with zero attached hydrogens (tertiary/aromatic N) is 7. The number of aromatic nitrogens is 6. The number of carbonyl (C=O) groups excluding carboxylic acids is 2. The number of carbonyl (C=O) groups is 2. The summed E-state index contributed by atoms with van der Waals surface area (Å²) < 4.78 is 111. The van der Waals surface area contributed by atoms with Crippen LogP contribution in [0.25, 0.3) is 0 Å². The topological polar surface area (TPSA) is 266 Å². The van der Waals surface area contributed by atoms with Crippen LogP contribution >= 0.6 is 0 Å². The molecule has 55 heavy (non-hydrogen) atoms. The molecular formula is C27H28F3N8Na2O13S2+. The third-order valence-electron chi connectivity index (χ3n) is 6.23. The van der Waals surface area contributed by atoms with Crippen molar-refractivity contribution >= 4 is 38.1 Å². The smallest absolute Gasteiger partial charge is 0.844 e. The van der Waals surface area contributed by atoms with E-state index in [9.17, 15) is 54.3 Å². The minimum Gasteiger partial charge on any atom is -0.844 e. The normalized spacial score (nSPS) is 11.5. The van der Waals surface area contributed by atoms with Crippen LogP contribution in [0.15, 0.2) is 72.3 Å². The van der Waals surface area contributed by atoms with Gasteiger partial charge in [-0.3, -0.25) is 0 Å². The standard InChI is InChI=1S/C15H18N4O7S.C12H11F3N4O6S.2Na/c1-4-9-26-14-16-19(15(22)18(14)2)13(21)17-27(23,24)11-8-6-5-7-10(11)12(20)25-3;1-18-10(24-2)16-19(11(18)21)9(20)17-26(22,23)8-6-4-3-5-7(8)25-12(13,14)15;;/h5-8H,4,9H2,1-3H3,(H,17,21);3-6H,1-2H3,(H,17,20);;/q;;2*+1/p-1. The molecule has 2 aromatic carbocycles. The monoisotopic (exact) mass is 839 g/mol. The Morgan fingerprint density at radius 2 is 1.40 bits per heavy atom. The van der Waals surface area contributed by atoms with E-state index >= 15 is 0 Å². The van der Waals surface area contributed by atoms with E-state index in [1.165, 1.54) is 32.3 Å². The van der Waals surface area contributed by atoms with E-state index in [1.54, 1.807) is 4.72 Å². The summed E-state index contributed by atoms with van der Waals surface area (Å²) in [6.07, 6.45) is -4.52. The quantitative estimate of drug-likeness (QED) is 0.0674. The van der Waals surface area contributed by atoms with Crippen molar-refractivity contribution in [2.24, 2.45) is 18.5 Å². The molecule has 28 heteroatoms. The SMILES string of the molecule is CCCOc1nn(C(=O)NS(=O)(=O)c2ccccc2C(=O)OC)c(=O)n1C.COc1nn(C([O-])=NS(=O)(=O)c2ccccc2OC(F)(F)F)c(=O)n1C.[Na+].[Na+]. The van der Waals surface area contributed by atoms with Gasteiger partial charge in [0.15, 0.2) is 0 Å². The number of methoxy groups -OCH3 is 2. The summed E-state index contributed by atoms with van der Waals surface area (Å²) in [6, 6.07) is 5.45. The van der Waals surface area contributed by atoms with Gasteiger partial charge in [0.25, 0.3) is 20.0 Å². The Labute approximate surface area is 353 Å². The molecule has 0 saturated carbocycles. The summed E-state index contributed by atoms with van der Waals surface area (Å²) in [5.41, 5.74) is -2.22. The molecule has 0 aliphatic heterocycles. The minimum atomic E-state index is -5.17. The first kappa shape index (κ1) is 48.8. The average molecular weight is 840 g/mol. The molecule has 0 bridgehead atoms. The zero-order valence-electron chi connectivity index (χ0n) is 29.9. The van der Waals surface area contributed by atoms with Crippen LogP contribution in [0.4, 0.5) is 18.0 Å². The number of hydrogen-bond acceptors (Lipinski definition) is 15. The second-order valence-electron chi connectivity index (χ2n) is 9.87. The number of benzene rings is 2. The first-order valence-electron chi connectivity index (χ1n) is 14.3. The van der Waals surface area contributed by atoms with Gasteiger partial charge in [-0.05, 0) is 30.7 Å². The fraction of sp³-hybridized carbons (Fsp3) is 0.296. The predicted octanol–water partition coefficient (Wildman–Crippen LogP) is -6.45. The van der Waals surface area contributed by atoms with Crippen molar-refractivity contribution in [2.75, 3.05) is 20.8 Å². The molecule has 0 aliphatic rings. The Kier molecular flexibility index (Phi) is 17.9. The fourth-order valence-corrected chi connectivity index (χ4v) is 5.97. The Balaban J connectivity index is 0.000000531. The molecule has 0 atom stereocenters.